The second-order valence-corrected chi connectivity index (χ2v) is 4.25. The van der Waals surface area contributed by atoms with Gasteiger partial charge in [0.15, 0.2) is 5.78 Å². The topological polar surface area (TPSA) is 17.1 Å². The number of Topliss-reactive ketones (excluding diaryl/α,β-unsaturated/α-hetero) is 1. The van der Waals surface area contributed by atoms with Crippen molar-refractivity contribution in [1.29, 1.82) is 0 Å². The van der Waals surface area contributed by atoms with Crippen LogP contribution in [0.3, 0.4) is 0 Å². The summed E-state index contributed by atoms with van der Waals surface area (Å²) in [5, 5.41) is -0.687. The van der Waals surface area contributed by atoms with Crippen molar-refractivity contribution in [3.05, 3.63) is 33.8 Å². The lowest BCUT2D eigenvalue weighted by atomic mass is 10.1. The van der Waals surface area contributed by atoms with E-state index in [1.54, 1.807) is 18.2 Å². The molecule has 1 unspecified atom stereocenters. The van der Waals surface area contributed by atoms with Gasteiger partial charge in [0, 0.05) is 4.47 Å². The highest BCUT2D eigenvalue weighted by Crippen LogP contribution is 2.26. The van der Waals surface area contributed by atoms with Crippen LogP contribution in [0, 0.1) is 0 Å². The first-order chi connectivity index (χ1) is 6.56. The van der Waals surface area contributed by atoms with Crippen molar-refractivity contribution in [3.8, 4) is 0 Å². The number of carbonyl (C=O) groups is 1. The molecule has 0 aliphatic heterocycles. The van der Waals surface area contributed by atoms with Crippen molar-refractivity contribution < 1.29 is 9.18 Å². The normalized spacial score (nSPS) is 12.6. The number of benzene rings is 1. The van der Waals surface area contributed by atoms with E-state index in [0.717, 1.165) is 0 Å². The van der Waals surface area contributed by atoms with Gasteiger partial charge >= 0.3 is 0 Å². The van der Waals surface area contributed by atoms with Crippen molar-refractivity contribution >= 4 is 33.3 Å². The summed E-state index contributed by atoms with van der Waals surface area (Å²) in [4.78, 5) is 11.0. The highest BCUT2D eigenvalue weighted by atomic mass is 79.9. The zero-order valence-corrected chi connectivity index (χ0v) is 9.90. The van der Waals surface area contributed by atoms with Gasteiger partial charge < -0.3 is 0 Å². The summed E-state index contributed by atoms with van der Waals surface area (Å²) in [7, 11) is 0. The van der Waals surface area contributed by atoms with Crippen LogP contribution in [0.5, 0.6) is 0 Å². The van der Waals surface area contributed by atoms with Gasteiger partial charge in [-0.05, 0) is 24.1 Å². The van der Waals surface area contributed by atoms with Crippen molar-refractivity contribution in [3.63, 3.8) is 0 Å². The summed E-state index contributed by atoms with van der Waals surface area (Å²) in [6.07, 6.45) is 0. The van der Waals surface area contributed by atoms with E-state index in [0.29, 0.717) is 15.6 Å². The van der Waals surface area contributed by atoms with Crippen LogP contribution in [-0.2, 0) is 11.5 Å². The molecule has 0 amide bonds. The number of ketones is 1. The lowest BCUT2D eigenvalue weighted by Crippen LogP contribution is -2.02. The zero-order valence-electron chi connectivity index (χ0n) is 7.56. The van der Waals surface area contributed by atoms with Crippen LogP contribution in [-0.4, -0.2) is 5.78 Å². The first-order valence-electron chi connectivity index (χ1n) is 4.05. The second-order valence-electron chi connectivity index (χ2n) is 2.96. The van der Waals surface area contributed by atoms with Crippen molar-refractivity contribution in [1.82, 2.24) is 0 Å². The molecular formula is C10H9BrClFO. The Bertz CT molecular complexity index is 354. The van der Waals surface area contributed by atoms with Crippen molar-refractivity contribution in [2.24, 2.45) is 0 Å². The summed E-state index contributed by atoms with van der Waals surface area (Å²) >= 11 is 9.04. The molecule has 76 valence electrons. The molecule has 0 saturated heterocycles. The van der Waals surface area contributed by atoms with E-state index in [2.05, 4.69) is 15.9 Å². The average molecular weight is 280 g/mol. The highest BCUT2D eigenvalue weighted by molar-refractivity contribution is 9.10. The third-order valence-corrected chi connectivity index (χ3v) is 3.20. The van der Waals surface area contributed by atoms with Crippen LogP contribution < -0.4 is 0 Å². The van der Waals surface area contributed by atoms with Gasteiger partial charge in [0.05, 0.1) is 0 Å². The Hall–Kier alpha value is -0.410. The fraction of sp³-hybridized carbons (Fsp3) is 0.300. The molecule has 0 aromatic heterocycles. The Morgan fingerprint density at radius 1 is 1.64 bits per heavy atom. The minimum absolute atomic E-state index is 0.140. The monoisotopic (exact) mass is 278 g/mol. The van der Waals surface area contributed by atoms with Gasteiger partial charge in [-0.3, -0.25) is 4.79 Å². The molecule has 0 spiro atoms. The predicted octanol–water partition coefficient (Wildman–Crippen LogP) is 3.79. The van der Waals surface area contributed by atoms with Crippen LogP contribution in [0.25, 0.3) is 0 Å². The Kier molecular flexibility index (Phi) is 4.08. The zero-order chi connectivity index (χ0) is 10.7. The Morgan fingerprint density at radius 2 is 2.29 bits per heavy atom. The average Bonchev–Trinajstić information content (AvgIpc) is 2.17. The van der Waals surface area contributed by atoms with E-state index in [-0.39, 0.29) is 5.78 Å². The third-order valence-electron chi connectivity index (χ3n) is 1.86. The van der Waals surface area contributed by atoms with Crippen LogP contribution in [0.4, 0.5) is 4.39 Å². The summed E-state index contributed by atoms with van der Waals surface area (Å²) in [5.74, 6) is -0.140. The van der Waals surface area contributed by atoms with E-state index < -0.39 is 12.1 Å². The minimum Gasteiger partial charge on any atom is -0.298 e. The van der Waals surface area contributed by atoms with E-state index >= 15 is 0 Å². The molecule has 0 heterocycles. The molecule has 1 nitrogen and oxygen atoms in total. The lowest BCUT2D eigenvalue weighted by Gasteiger charge is -2.08. The Balaban J connectivity index is 3.06. The van der Waals surface area contributed by atoms with Gasteiger partial charge in [-0.25, -0.2) is 4.39 Å². The maximum atomic E-state index is 12.5. The maximum absolute atomic E-state index is 12.5. The Morgan fingerprint density at radius 3 is 2.79 bits per heavy atom. The van der Waals surface area contributed by atoms with E-state index in [9.17, 15) is 9.18 Å². The van der Waals surface area contributed by atoms with Crippen molar-refractivity contribution in [2.75, 3.05) is 0 Å². The summed E-state index contributed by atoms with van der Waals surface area (Å²) in [6, 6.07) is 5.01. The van der Waals surface area contributed by atoms with Gasteiger partial charge in [0.25, 0.3) is 0 Å². The predicted molar refractivity (Wildman–Crippen MR) is 58.2 cm³/mol. The van der Waals surface area contributed by atoms with Crippen LogP contribution in [0.2, 0.25) is 0 Å². The number of hydrogen-bond donors (Lipinski definition) is 0. The van der Waals surface area contributed by atoms with E-state index in [1.807, 2.05) is 0 Å². The molecule has 1 atom stereocenters. The van der Waals surface area contributed by atoms with Gasteiger partial charge in [0.2, 0.25) is 0 Å². The first kappa shape index (κ1) is 11.7. The molecule has 4 heteroatoms. The molecule has 0 fully saturated rings. The van der Waals surface area contributed by atoms with Gasteiger partial charge in [0.1, 0.15) is 12.1 Å². The molecule has 0 radical (unpaired) electrons. The molecular weight excluding hydrogens is 270 g/mol. The van der Waals surface area contributed by atoms with Gasteiger partial charge in [-0.1, -0.05) is 28.1 Å². The second kappa shape index (κ2) is 4.89. The van der Waals surface area contributed by atoms with E-state index in [1.165, 1.54) is 6.92 Å². The summed E-state index contributed by atoms with van der Waals surface area (Å²) in [5.41, 5.74) is 1.14. The molecule has 1 rings (SSSR count). The SMILES string of the molecule is CC(=O)C(Cl)c1ccc(Br)c(CF)c1. The quantitative estimate of drug-likeness (QED) is 0.769. The minimum atomic E-state index is -0.687. The summed E-state index contributed by atoms with van der Waals surface area (Å²) in [6.45, 7) is 0.838. The van der Waals surface area contributed by atoms with E-state index in [4.69, 9.17) is 11.6 Å². The number of alkyl halides is 2. The highest BCUT2D eigenvalue weighted by Gasteiger charge is 2.14. The standard InChI is InChI=1S/C10H9BrClFO/c1-6(14)10(12)7-2-3-9(11)8(4-7)5-13/h2-4,10H,5H2,1H3. The smallest absolute Gasteiger partial charge is 0.152 e. The van der Waals surface area contributed by atoms with Gasteiger partial charge in [-0.2, -0.15) is 0 Å². The lowest BCUT2D eigenvalue weighted by molar-refractivity contribution is -0.116. The van der Waals surface area contributed by atoms with Gasteiger partial charge in [-0.15, -0.1) is 11.6 Å². The molecule has 0 aliphatic carbocycles. The molecule has 0 bridgehead atoms. The summed E-state index contributed by atoms with van der Waals surface area (Å²) < 4.78 is 13.2. The molecule has 1 aromatic rings. The first-order valence-corrected chi connectivity index (χ1v) is 5.28. The van der Waals surface area contributed by atoms with Crippen LogP contribution >= 0.6 is 27.5 Å². The number of halogens is 3. The van der Waals surface area contributed by atoms with Crippen LogP contribution in [0.15, 0.2) is 22.7 Å². The molecule has 0 aliphatic rings. The van der Waals surface area contributed by atoms with Crippen molar-refractivity contribution in [2.45, 2.75) is 19.0 Å². The molecule has 0 saturated carbocycles. The fourth-order valence-electron chi connectivity index (χ4n) is 1.09. The number of hydrogen-bond acceptors (Lipinski definition) is 1. The maximum Gasteiger partial charge on any atom is 0.152 e. The fourth-order valence-corrected chi connectivity index (χ4v) is 1.58. The number of carbonyl (C=O) groups excluding carboxylic acids is 1. The molecule has 1 aromatic carbocycles. The number of rotatable bonds is 3. The molecule has 0 N–H and O–H groups in total. The Labute approximate surface area is 95.4 Å². The third kappa shape index (κ3) is 2.55. The van der Waals surface area contributed by atoms with Crippen LogP contribution in [0.1, 0.15) is 23.4 Å². The largest absolute Gasteiger partial charge is 0.298 e. The molecule has 14 heavy (non-hydrogen) atoms.